The van der Waals surface area contributed by atoms with Gasteiger partial charge in [0.15, 0.2) is 0 Å². The van der Waals surface area contributed by atoms with Crippen LogP contribution in [0, 0.1) is 0 Å². The van der Waals surface area contributed by atoms with E-state index in [2.05, 4.69) is 6.07 Å². The topological polar surface area (TPSA) is 26.0 Å². The van der Waals surface area contributed by atoms with E-state index in [0.717, 1.165) is 10.8 Å². The van der Waals surface area contributed by atoms with Gasteiger partial charge in [-0.3, -0.25) is 0 Å². The fourth-order valence-electron chi connectivity index (χ4n) is 1.13. The van der Waals surface area contributed by atoms with Gasteiger partial charge < -0.3 is 5.73 Å². The van der Waals surface area contributed by atoms with Crippen molar-refractivity contribution in [3.8, 4) is 0 Å². The van der Waals surface area contributed by atoms with Gasteiger partial charge in [-0.2, -0.15) is 0 Å². The lowest BCUT2D eigenvalue weighted by Crippen LogP contribution is -2.23. The molecule has 11 heavy (non-hydrogen) atoms. The summed E-state index contributed by atoms with van der Waals surface area (Å²) in [7, 11) is 0. The molecule has 0 unspecified atom stereocenters. The Bertz CT molecular complexity index is 265. The Hall–Kier alpha value is -0.0500. The Labute approximate surface area is 75.2 Å². The lowest BCUT2D eigenvalue weighted by atomic mass is 10.2. The molecule has 0 aliphatic heterocycles. The zero-order valence-corrected chi connectivity index (χ0v) is 7.71. The average Bonchev–Trinajstić information content (AvgIpc) is 2.49. The molecule has 0 saturated heterocycles. The van der Waals surface area contributed by atoms with Gasteiger partial charge >= 0.3 is 0 Å². The first-order valence-corrected chi connectivity index (χ1v) is 4.91. The third-order valence-corrected chi connectivity index (χ3v) is 3.28. The van der Waals surface area contributed by atoms with E-state index in [1.165, 1.54) is 17.7 Å². The second kappa shape index (κ2) is 2.47. The monoisotopic (exact) mass is 187 g/mol. The van der Waals surface area contributed by atoms with Crippen LogP contribution < -0.4 is 5.73 Å². The molecule has 0 spiro atoms. The highest BCUT2D eigenvalue weighted by Gasteiger charge is 2.38. The second-order valence-electron chi connectivity index (χ2n) is 3.24. The maximum atomic E-state index is 5.95. The number of nitrogens with two attached hydrogens (primary N) is 1. The van der Waals surface area contributed by atoms with E-state index in [9.17, 15) is 0 Å². The van der Waals surface area contributed by atoms with E-state index >= 15 is 0 Å². The summed E-state index contributed by atoms with van der Waals surface area (Å²) in [5, 5.41) is 0. The molecule has 1 nitrogen and oxygen atoms in total. The van der Waals surface area contributed by atoms with Crippen LogP contribution in [-0.4, -0.2) is 5.54 Å². The molecule has 0 aromatic carbocycles. The maximum Gasteiger partial charge on any atom is 0.0931 e. The first kappa shape index (κ1) is 7.59. The summed E-state index contributed by atoms with van der Waals surface area (Å²) in [6.07, 6.45) is 3.34. The van der Waals surface area contributed by atoms with Crippen molar-refractivity contribution in [1.29, 1.82) is 0 Å². The van der Waals surface area contributed by atoms with E-state index in [-0.39, 0.29) is 5.54 Å². The van der Waals surface area contributed by atoms with Gasteiger partial charge in [0.25, 0.3) is 0 Å². The van der Waals surface area contributed by atoms with Crippen molar-refractivity contribution in [3.05, 3.63) is 21.3 Å². The number of hydrogen-bond donors (Lipinski definition) is 1. The maximum absolute atomic E-state index is 5.95. The molecule has 0 radical (unpaired) electrons. The third-order valence-electron chi connectivity index (χ3n) is 2.05. The summed E-state index contributed by atoms with van der Waals surface area (Å²) in [6, 6.07) is 4.01. The van der Waals surface area contributed by atoms with Crippen molar-refractivity contribution in [2.45, 2.75) is 24.8 Å². The van der Waals surface area contributed by atoms with E-state index in [1.807, 2.05) is 6.07 Å². The Morgan fingerprint density at radius 2 is 2.27 bits per heavy atom. The highest BCUT2D eigenvalue weighted by atomic mass is 35.5. The molecule has 2 N–H and O–H groups in total. The Balaban J connectivity index is 2.06. The fourth-order valence-corrected chi connectivity index (χ4v) is 2.37. The molecule has 0 bridgehead atoms. The number of hydrogen-bond acceptors (Lipinski definition) is 2. The van der Waals surface area contributed by atoms with Crippen molar-refractivity contribution in [1.82, 2.24) is 0 Å². The lowest BCUT2D eigenvalue weighted by molar-refractivity contribution is 0.679. The van der Waals surface area contributed by atoms with Crippen LogP contribution in [0.1, 0.15) is 17.7 Å². The van der Waals surface area contributed by atoms with Crippen LogP contribution in [0.4, 0.5) is 0 Å². The molecule has 1 aromatic heterocycles. The Morgan fingerprint density at radius 3 is 2.73 bits per heavy atom. The molecule has 1 aliphatic carbocycles. The van der Waals surface area contributed by atoms with Crippen molar-refractivity contribution in [3.63, 3.8) is 0 Å². The zero-order valence-electron chi connectivity index (χ0n) is 6.14. The van der Waals surface area contributed by atoms with Crippen molar-refractivity contribution in [2.75, 3.05) is 0 Å². The van der Waals surface area contributed by atoms with Gasteiger partial charge in [0, 0.05) is 10.4 Å². The molecular formula is C8H10ClNS. The van der Waals surface area contributed by atoms with Crippen LogP contribution in [0.2, 0.25) is 4.34 Å². The highest BCUT2D eigenvalue weighted by molar-refractivity contribution is 7.16. The quantitative estimate of drug-likeness (QED) is 0.757. The fraction of sp³-hybridized carbons (Fsp3) is 0.500. The SMILES string of the molecule is NC1(Cc2ccc(Cl)s2)CC1. The van der Waals surface area contributed by atoms with Crippen molar-refractivity contribution >= 4 is 22.9 Å². The lowest BCUT2D eigenvalue weighted by Gasteiger charge is -2.04. The molecule has 0 atom stereocenters. The number of thiophene rings is 1. The van der Waals surface area contributed by atoms with Crippen LogP contribution >= 0.6 is 22.9 Å². The summed E-state index contributed by atoms with van der Waals surface area (Å²) in [5.74, 6) is 0. The molecule has 1 fully saturated rings. The largest absolute Gasteiger partial charge is 0.325 e. The van der Waals surface area contributed by atoms with E-state index in [0.29, 0.717) is 0 Å². The summed E-state index contributed by atoms with van der Waals surface area (Å²) in [5.41, 5.74) is 6.07. The average molecular weight is 188 g/mol. The molecule has 2 rings (SSSR count). The van der Waals surface area contributed by atoms with E-state index < -0.39 is 0 Å². The standard InChI is InChI=1S/C8H10ClNS/c9-7-2-1-6(11-7)5-8(10)3-4-8/h1-2H,3-5,10H2. The summed E-state index contributed by atoms with van der Waals surface area (Å²) >= 11 is 7.43. The first-order valence-electron chi connectivity index (χ1n) is 3.71. The molecule has 0 amide bonds. The first-order chi connectivity index (χ1) is 5.18. The molecule has 60 valence electrons. The van der Waals surface area contributed by atoms with Gasteiger partial charge in [0.2, 0.25) is 0 Å². The summed E-state index contributed by atoms with van der Waals surface area (Å²) < 4.78 is 0.865. The van der Waals surface area contributed by atoms with Crippen LogP contribution in [-0.2, 0) is 6.42 Å². The zero-order chi connectivity index (χ0) is 7.90. The van der Waals surface area contributed by atoms with Gasteiger partial charge in [-0.05, 0) is 31.4 Å². The van der Waals surface area contributed by atoms with Gasteiger partial charge in [0.1, 0.15) is 0 Å². The molecular weight excluding hydrogens is 178 g/mol. The molecule has 1 saturated carbocycles. The van der Waals surface area contributed by atoms with E-state index in [4.69, 9.17) is 17.3 Å². The molecule has 1 aliphatic rings. The smallest absolute Gasteiger partial charge is 0.0931 e. The minimum atomic E-state index is 0.119. The van der Waals surface area contributed by atoms with Gasteiger partial charge in [-0.25, -0.2) is 0 Å². The molecule has 3 heteroatoms. The highest BCUT2D eigenvalue weighted by Crippen LogP contribution is 2.37. The van der Waals surface area contributed by atoms with Gasteiger partial charge in [-0.15, -0.1) is 11.3 Å². The summed E-state index contributed by atoms with van der Waals surface area (Å²) in [4.78, 5) is 1.31. The van der Waals surface area contributed by atoms with Gasteiger partial charge in [-0.1, -0.05) is 11.6 Å². The number of rotatable bonds is 2. The minimum absolute atomic E-state index is 0.119. The predicted octanol–water partition coefficient (Wildman–Crippen LogP) is 2.44. The Kier molecular flexibility index (Phi) is 1.71. The molecule has 1 aromatic rings. The minimum Gasteiger partial charge on any atom is -0.325 e. The van der Waals surface area contributed by atoms with Gasteiger partial charge in [0.05, 0.1) is 4.34 Å². The van der Waals surface area contributed by atoms with Crippen molar-refractivity contribution < 1.29 is 0 Å². The normalized spacial score (nSPS) is 20.2. The number of halogens is 1. The predicted molar refractivity (Wildman–Crippen MR) is 49.2 cm³/mol. The van der Waals surface area contributed by atoms with Crippen molar-refractivity contribution in [2.24, 2.45) is 5.73 Å². The van der Waals surface area contributed by atoms with Crippen LogP contribution in [0.15, 0.2) is 12.1 Å². The Morgan fingerprint density at radius 1 is 1.55 bits per heavy atom. The van der Waals surface area contributed by atoms with Crippen LogP contribution in [0.25, 0.3) is 0 Å². The third kappa shape index (κ3) is 1.75. The van der Waals surface area contributed by atoms with Crippen LogP contribution in [0.5, 0.6) is 0 Å². The van der Waals surface area contributed by atoms with Crippen LogP contribution in [0.3, 0.4) is 0 Å². The molecule has 1 heterocycles. The summed E-state index contributed by atoms with van der Waals surface area (Å²) in [6.45, 7) is 0. The second-order valence-corrected chi connectivity index (χ2v) is 5.04. The van der Waals surface area contributed by atoms with E-state index in [1.54, 1.807) is 11.3 Å².